The molecule has 0 saturated carbocycles. The highest BCUT2D eigenvalue weighted by Gasteiger charge is 2.36. The quantitative estimate of drug-likeness (QED) is 0.335. The molecule has 3 aromatic carbocycles. The van der Waals surface area contributed by atoms with Crippen LogP contribution < -0.4 is 15.0 Å². The third-order valence-corrected chi connectivity index (χ3v) is 6.18. The van der Waals surface area contributed by atoms with Gasteiger partial charge in [0, 0.05) is 17.0 Å². The SMILES string of the molecule is CCOc1cc(/C=C2\C(=O)NC(=O)N(c3ccc(C)cc3)C2=O)cc(Cl)c1Cc1cc(C)cc(C)c1. The minimum Gasteiger partial charge on any atom is -0.494 e. The topological polar surface area (TPSA) is 75.7 Å². The van der Waals surface area contributed by atoms with E-state index in [0.717, 1.165) is 32.7 Å². The highest BCUT2D eigenvalue weighted by atomic mass is 35.5. The average molecular weight is 503 g/mol. The largest absolute Gasteiger partial charge is 0.494 e. The van der Waals surface area contributed by atoms with Crippen LogP contribution >= 0.6 is 11.6 Å². The van der Waals surface area contributed by atoms with Crippen LogP contribution in [0.15, 0.2) is 60.2 Å². The summed E-state index contributed by atoms with van der Waals surface area (Å²) >= 11 is 6.69. The molecule has 1 aliphatic rings. The predicted octanol–water partition coefficient (Wildman–Crippen LogP) is 5.92. The second kappa shape index (κ2) is 10.4. The molecule has 0 aromatic heterocycles. The van der Waals surface area contributed by atoms with Gasteiger partial charge in [-0.1, -0.05) is 58.6 Å². The van der Waals surface area contributed by atoms with Crippen molar-refractivity contribution in [2.45, 2.75) is 34.1 Å². The molecule has 4 amide bonds. The van der Waals surface area contributed by atoms with Crippen LogP contribution in [0.5, 0.6) is 5.75 Å². The monoisotopic (exact) mass is 502 g/mol. The summed E-state index contributed by atoms with van der Waals surface area (Å²) < 4.78 is 5.89. The van der Waals surface area contributed by atoms with E-state index >= 15 is 0 Å². The van der Waals surface area contributed by atoms with Crippen LogP contribution in [0, 0.1) is 20.8 Å². The highest BCUT2D eigenvalue weighted by Crippen LogP contribution is 2.33. The number of anilines is 1. The number of amides is 4. The Kier molecular flexibility index (Phi) is 7.27. The van der Waals surface area contributed by atoms with Crippen molar-refractivity contribution in [1.29, 1.82) is 0 Å². The van der Waals surface area contributed by atoms with Gasteiger partial charge in [-0.25, -0.2) is 9.69 Å². The summed E-state index contributed by atoms with van der Waals surface area (Å²) in [6.07, 6.45) is 2.00. The number of benzene rings is 3. The van der Waals surface area contributed by atoms with Crippen molar-refractivity contribution in [1.82, 2.24) is 5.32 Å². The number of rotatable bonds is 6. The molecule has 7 heteroatoms. The van der Waals surface area contributed by atoms with Gasteiger partial charge in [0.1, 0.15) is 11.3 Å². The molecule has 1 fully saturated rings. The first kappa shape index (κ1) is 25.2. The number of carbonyl (C=O) groups is 3. The van der Waals surface area contributed by atoms with Gasteiger partial charge < -0.3 is 4.74 Å². The molecule has 0 bridgehead atoms. The second-order valence-electron chi connectivity index (χ2n) is 8.88. The summed E-state index contributed by atoms with van der Waals surface area (Å²) in [5, 5.41) is 2.71. The lowest BCUT2D eigenvalue weighted by molar-refractivity contribution is -0.122. The molecule has 0 radical (unpaired) electrons. The zero-order valence-electron chi connectivity index (χ0n) is 20.6. The fourth-order valence-electron chi connectivity index (χ4n) is 4.30. The smallest absolute Gasteiger partial charge is 0.335 e. The van der Waals surface area contributed by atoms with E-state index in [1.165, 1.54) is 6.08 Å². The highest BCUT2D eigenvalue weighted by molar-refractivity contribution is 6.39. The third-order valence-electron chi connectivity index (χ3n) is 5.84. The summed E-state index contributed by atoms with van der Waals surface area (Å²) in [5.74, 6) is -0.895. The fraction of sp³-hybridized carbons (Fsp3) is 0.207. The fourth-order valence-corrected chi connectivity index (χ4v) is 4.58. The summed E-state index contributed by atoms with van der Waals surface area (Å²) in [6, 6.07) is 15.9. The van der Waals surface area contributed by atoms with E-state index in [0.29, 0.717) is 35.1 Å². The molecule has 0 unspecified atom stereocenters. The molecule has 1 saturated heterocycles. The van der Waals surface area contributed by atoms with E-state index in [2.05, 4.69) is 23.5 Å². The Balaban J connectivity index is 1.72. The maximum Gasteiger partial charge on any atom is 0.335 e. The molecule has 0 atom stereocenters. The van der Waals surface area contributed by atoms with Crippen LogP contribution in [-0.4, -0.2) is 24.5 Å². The molecule has 0 spiro atoms. The lowest BCUT2D eigenvalue weighted by atomic mass is 9.98. The Morgan fingerprint density at radius 3 is 2.22 bits per heavy atom. The lowest BCUT2D eigenvalue weighted by Gasteiger charge is -2.26. The molecule has 1 N–H and O–H groups in total. The van der Waals surface area contributed by atoms with E-state index in [1.54, 1.807) is 36.4 Å². The molecule has 184 valence electrons. The number of halogens is 1. The number of hydrogen-bond acceptors (Lipinski definition) is 4. The van der Waals surface area contributed by atoms with Gasteiger partial charge in [0.25, 0.3) is 11.8 Å². The number of ether oxygens (including phenoxy) is 1. The molecule has 3 aromatic rings. The Morgan fingerprint density at radius 1 is 0.917 bits per heavy atom. The zero-order valence-corrected chi connectivity index (χ0v) is 21.4. The first-order chi connectivity index (χ1) is 17.2. The molecule has 1 aliphatic heterocycles. The number of urea groups is 1. The van der Waals surface area contributed by atoms with E-state index in [9.17, 15) is 14.4 Å². The van der Waals surface area contributed by atoms with E-state index in [4.69, 9.17) is 16.3 Å². The van der Waals surface area contributed by atoms with Gasteiger partial charge in [-0.05, 0) is 69.2 Å². The van der Waals surface area contributed by atoms with Crippen molar-refractivity contribution >= 4 is 41.2 Å². The number of barbiturate groups is 1. The van der Waals surface area contributed by atoms with Gasteiger partial charge in [0.15, 0.2) is 0 Å². The number of imide groups is 2. The normalized spacial score (nSPS) is 14.9. The maximum absolute atomic E-state index is 13.2. The van der Waals surface area contributed by atoms with Gasteiger partial charge in [-0.2, -0.15) is 0 Å². The first-order valence-electron chi connectivity index (χ1n) is 11.7. The third kappa shape index (κ3) is 5.34. The van der Waals surface area contributed by atoms with Crippen LogP contribution in [0.1, 0.15) is 40.3 Å². The van der Waals surface area contributed by atoms with Gasteiger partial charge >= 0.3 is 6.03 Å². The van der Waals surface area contributed by atoms with Crippen molar-refractivity contribution in [3.8, 4) is 5.75 Å². The Bertz CT molecular complexity index is 1370. The zero-order chi connectivity index (χ0) is 26.0. The number of nitrogens with zero attached hydrogens (tertiary/aromatic N) is 1. The van der Waals surface area contributed by atoms with Crippen molar-refractivity contribution in [3.05, 3.63) is 98.6 Å². The molecular weight excluding hydrogens is 476 g/mol. The van der Waals surface area contributed by atoms with Gasteiger partial charge in [-0.3, -0.25) is 14.9 Å². The lowest BCUT2D eigenvalue weighted by Crippen LogP contribution is -2.54. The molecule has 0 aliphatic carbocycles. The van der Waals surface area contributed by atoms with E-state index in [-0.39, 0.29) is 5.57 Å². The van der Waals surface area contributed by atoms with Crippen LogP contribution in [0.4, 0.5) is 10.5 Å². The van der Waals surface area contributed by atoms with Crippen molar-refractivity contribution < 1.29 is 19.1 Å². The van der Waals surface area contributed by atoms with E-state index < -0.39 is 17.8 Å². The summed E-state index contributed by atoms with van der Waals surface area (Å²) in [7, 11) is 0. The van der Waals surface area contributed by atoms with Crippen LogP contribution in [0.2, 0.25) is 5.02 Å². The van der Waals surface area contributed by atoms with Gasteiger partial charge in [0.05, 0.1) is 12.3 Å². The second-order valence-corrected chi connectivity index (χ2v) is 9.29. The Labute approximate surface area is 215 Å². The molecule has 6 nitrogen and oxygen atoms in total. The predicted molar refractivity (Wildman–Crippen MR) is 142 cm³/mol. The van der Waals surface area contributed by atoms with Crippen LogP contribution in [-0.2, 0) is 16.0 Å². The summed E-state index contributed by atoms with van der Waals surface area (Å²) in [6.45, 7) is 8.30. The minimum atomic E-state index is -0.789. The minimum absolute atomic E-state index is 0.171. The first-order valence-corrected chi connectivity index (χ1v) is 12.0. The van der Waals surface area contributed by atoms with Gasteiger partial charge in [-0.15, -0.1) is 0 Å². The van der Waals surface area contributed by atoms with Crippen LogP contribution in [0.3, 0.4) is 0 Å². The number of nitrogens with one attached hydrogen (secondary N) is 1. The van der Waals surface area contributed by atoms with Crippen molar-refractivity contribution in [2.75, 3.05) is 11.5 Å². The molecule has 36 heavy (non-hydrogen) atoms. The average Bonchev–Trinajstić information content (AvgIpc) is 2.79. The maximum atomic E-state index is 13.2. The molecular formula is C29H27ClN2O4. The standard InChI is InChI=1S/C29H27ClN2O4/c1-5-36-26-16-21(15-25(30)23(26)13-20-11-18(3)10-19(4)12-20)14-24-27(33)31-29(35)32(28(24)34)22-8-6-17(2)7-9-22/h6-12,14-16H,5,13H2,1-4H3,(H,31,33,35)/b24-14+. The van der Waals surface area contributed by atoms with Gasteiger partial charge in [0.2, 0.25) is 0 Å². The van der Waals surface area contributed by atoms with Crippen molar-refractivity contribution in [3.63, 3.8) is 0 Å². The van der Waals surface area contributed by atoms with E-state index in [1.807, 2.05) is 27.7 Å². The number of hydrogen-bond donors (Lipinski definition) is 1. The van der Waals surface area contributed by atoms with Crippen LogP contribution in [0.25, 0.3) is 6.08 Å². The van der Waals surface area contributed by atoms with Crippen molar-refractivity contribution in [2.24, 2.45) is 0 Å². The molecule has 4 rings (SSSR count). The Hall–Kier alpha value is -3.90. The summed E-state index contributed by atoms with van der Waals surface area (Å²) in [5.41, 5.74) is 5.95. The Morgan fingerprint density at radius 2 is 1.58 bits per heavy atom. The summed E-state index contributed by atoms with van der Waals surface area (Å²) in [4.78, 5) is 39.2. The molecule has 1 heterocycles. The number of carbonyl (C=O) groups excluding carboxylic acids is 3. The number of aryl methyl sites for hydroxylation is 3.